The molecule has 0 N–H and O–H groups in total. The van der Waals surface area contributed by atoms with Crippen LogP contribution in [0.25, 0.3) is 11.0 Å². The van der Waals surface area contributed by atoms with Crippen molar-refractivity contribution in [2.75, 3.05) is 17.9 Å². The van der Waals surface area contributed by atoms with Gasteiger partial charge < -0.3 is 4.57 Å². The van der Waals surface area contributed by atoms with Crippen molar-refractivity contribution in [2.45, 2.75) is 25.8 Å². The van der Waals surface area contributed by atoms with Crippen LogP contribution in [0.5, 0.6) is 0 Å². The zero-order valence-electron chi connectivity index (χ0n) is 11.0. The number of halogens is 2. The molecule has 0 amide bonds. The van der Waals surface area contributed by atoms with Crippen LogP contribution in [-0.4, -0.2) is 27.4 Å². The van der Waals surface area contributed by atoms with Crippen molar-refractivity contribution in [3.8, 4) is 0 Å². The van der Waals surface area contributed by atoms with Gasteiger partial charge >= 0.3 is 0 Å². The van der Waals surface area contributed by atoms with Crippen LogP contribution in [0.4, 0.5) is 4.39 Å². The maximum atomic E-state index is 13.4. The monoisotopic (exact) mass is 300 g/mol. The molecule has 0 spiro atoms. The molecule has 0 aliphatic carbocycles. The number of aryl methyl sites for hydroxylation is 2. The molecular formula is C14H18ClFN2S. The number of nitrogens with zero attached hydrogens (tertiary/aromatic N) is 2. The summed E-state index contributed by atoms with van der Waals surface area (Å²) in [5, 5.41) is 0. The van der Waals surface area contributed by atoms with E-state index in [1.807, 2.05) is 11.8 Å². The largest absolute Gasteiger partial charge is 0.328 e. The molecule has 0 saturated carbocycles. The Balaban J connectivity index is 2.25. The van der Waals surface area contributed by atoms with Gasteiger partial charge in [-0.05, 0) is 43.0 Å². The normalized spacial score (nSPS) is 11.3. The minimum atomic E-state index is -0.213. The summed E-state index contributed by atoms with van der Waals surface area (Å²) in [4.78, 5) is 4.55. The van der Waals surface area contributed by atoms with Crippen molar-refractivity contribution >= 4 is 34.4 Å². The van der Waals surface area contributed by atoms with Gasteiger partial charge in [0.05, 0.1) is 11.0 Å². The first kappa shape index (κ1) is 14.7. The smallest absolute Gasteiger partial charge is 0.125 e. The Bertz CT molecular complexity index is 541. The zero-order chi connectivity index (χ0) is 13.7. The molecule has 2 rings (SSSR count). The van der Waals surface area contributed by atoms with Crippen LogP contribution < -0.4 is 0 Å². The number of fused-ring (bicyclic) bond motifs is 1. The van der Waals surface area contributed by atoms with Gasteiger partial charge in [0.2, 0.25) is 0 Å². The molecule has 0 unspecified atom stereocenters. The lowest BCUT2D eigenvalue weighted by atomic mass is 10.3. The van der Waals surface area contributed by atoms with Gasteiger partial charge in [-0.25, -0.2) is 9.37 Å². The van der Waals surface area contributed by atoms with E-state index in [1.54, 1.807) is 12.1 Å². The van der Waals surface area contributed by atoms with E-state index in [9.17, 15) is 4.39 Å². The topological polar surface area (TPSA) is 17.8 Å². The first-order valence-corrected chi connectivity index (χ1v) is 8.38. The van der Waals surface area contributed by atoms with Crippen molar-refractivity contribution in [1.82, 2.24) is 9.55 Å². The molecule has 0 aliphatic rings. The van der Waals surface area contributed by atoms with Crippen LogP contribution in [0.2, 0.25) is 0 Å². The third-order valence-electron chi connectivity index (χ3n) is 3.09. The molecule has 0 fully saturated rings. The molecule has 104 valence electrons. The average Bonchev–Trinajstić information content (AvgIpc) is 2.73. The highest BCUT2D eigenvalue weighted by atomic mass is 35.5. The second-order valence-corrected chi connectivity index (χ2v) is 5.82. The van der Waals surface area contributed by atoms with Gasteiger partial charge in [-0.2, -0.15) is 11.8 Å². The van der Waals surface area contributed by atoms with Crippen molar-refractivity contribution in [2.24, 2.45) is 0 Å². The van der Waals surface area contributed by atoms with Crippen LogP contribution in [0.3, 0.4) is 0 Å². The highest BCUT2D eigenvalue weighted by molar-refractivity contribution is 7.98. The summed E-state index contributed by atoms with van der Waals surface area (Å²) in [5.74, 6) is 2.44. The molecule has 1 aromatic heterocycles. The van der Waals surface area contributed by atoms with Crippen LogP contribution in [-0.2, 0) is 13.0 Å². The summed E-state index contributed by atoms with van der Waals surface area (Å²) in [6, 6.07) is 4.76. The summed E-state index contributed by atoms with van der Waals surface area (Å²) in [6.45, 7) is 0.882. The first-order valence-electron chi connectivity index (χ1n) is 6.46. The number of imidazole rings is 1. The van der Waals surface area contributed by atoms with Crippen molar-refractivity contribution in [3.63, 3.8) is 0 Å². The molecular weight excluding hydrogens is 283 g/mol. The van der Waals surface area contributed by atoms with Gasteiger partial charge in [0.1, 0.15) is 11.6 Å². The van der Waals surface area contributed by atoms with E-state index in [-0.39, 0.29) is 5.82 Å². The lowest BCUT2D eigenvalue weighted by Crippen LogP contribution is -2.05. The maximum Gasteiger partial charge on any atom is 0.125 e. The van der Waals surface area contributed by atoms with E-state index in [1.165, 1.54) is 6.07 Å². The predicted molar refractivity (Wildman–Crippen MR) is 81.7 cm³/mol. The molecule has 19 heavy (non-hydrogen) atoms. The van der Waals surface area contributed by atoms with E-state index in [2.05, 4.69) is 15.8 Å². The second kappa shape index (κ2) is 7.15. The third-order valence-corrected chi connectivity index (χ3v) is 3.97. The molecule has 0 radical (unpaired) electrons. The lowest BCUT2D eigenvalue weighted by Gasteiger charge is -2.08. The van der Waals surface area contributed by atoms with Crippen molar-refractivity contribution in [1.29, 1.82) is 0 Å². The van der Waals surface area contributed by atoms with Gasteiger partial charge in [-0.1, -0.05) is 0 Å². The second-order valence-electron chi connectivity index (χ2n) is 4.45. The zero-order valence-corrected chi connectivity index (χ0v) is 12.6. The number of benzene rings is 1. The summed E-state index contributed by atoms with van der Waals surface area (Å²) in [7, 11) is 0. The summed E-state index contributed by atoms with van der Waals surface area (Å²) >= 11 is 7.67. The Morgan fingerprint density at radius 1 is 1.37 bits per heavy atom. The van der Waals surface area contributed by atoms with E-state index in [0.717, 1.165) is 48.4 Å². The van der Waals surface area contributed by atoms with Crippen LogP contribution in [0.15, 0.2) is 18.2 Å². The molecule has 0 bridgehead atoms. The average molecular weight is 301 g/mol. The summed E-state index contributed by atoms with van der Waals surface area (Å²) in [5.41, 5.74) is 1.73. The first-order chi connectivity index (χ1) is 9.26. The quantitative estimate of drug-likeness (QED) is 0.566. The Labute approximate surface area is 122 Å². The Morgan fingerprint density at radius 2 is 2.21 bits per heavy atom. The number of aromatic nitrogens is 2. The minimum absolute atomic E-state index is 0.213. The highest BCUT2D eigenvalue weighted by Crippen LogP contribution is 2.19. The van der Waals surface area contributed by atoms with Crippen molar-refractivity contribution < 1.29 is 4.39 Å². The van der Waals surface area contributed by atoms with Gasteiger partial charge in [0.15, 0.2) is 0 Å². The predicted octanol–water partition coefficient (Wildman–Crippen LogP) is 4.10. The van der Waals surface area contributed by atoms with E-state index in [4.69, 9.17) is 11.6 Å². The fraction of sp³-hybridized carbons (Fsp3) is 0.500. The maximum absolute atomic E-state index is 13.4. The Kier molecular flexibility index (Phi) is 5.52. The minimum Gasteiger partial charge on any atom is -0.328 e. The Morgan fingerprint density at radius 3 is 2.95 bits per heavy atom. The van der Waals surface area contributed by atoms with Gasteiger partial charge in [0.25, 0.3) is 0 Å². The van der Waals surface area contributed by atoms with Gasteiger partial charge in [0, 0.05) is 18.8 Å². The third kappa shape index (κ3) is 3.63. The summed E-state index contributed by atoms with van der Waals surface area (Å²) < 4.78 is 15.5. The number of hydrogen-bond acceptors (Lipinski definition) is 2. The number of alkyl halides is 1. The standard InChI is InChI=1S/C14H18ClFN2S/c1-19-9-3-2-8-18-13-10-11(16)4-5-12(13)17-14(18)6-7-15/h4-5,10H,2-3,6-9H2,1H3. The number of hydrogen-bond donors (Lipinski definition) is 0. The molecule has 0 saturated heterocycles. The SMILES string of the molecule is CSCCCCn1c(CCCl)nc2ccc(F)cc21. The van der Waals surface area contributed by atoms with Crippen LogP contribution in [0, 0.1) is 5.82 Å². The fourth-order valence-electron chi connectivity index (χ4n) is 2.19. The van der Waals surface area contributed by atoms with Crippen LogP contribution >= 0.6 is 23.4 Å². The van der Waals surface area contributed by atoms with Gasteiger partial charge in [-0.15, -0.1) is 11.6 Å². The van der Waals surface area contributed by atoms with E-state index >= 15 is 0 Å². The summed E-state index contributed by atoms with van der Waals surface area (Å²) in [6.07, 6.45) is 5.08. The number of unbranched alkanes of at least 4 members (excludes halogenated alkanes) is 1. The molecule has 0 atom stereocenters. The molecule has 1 heterocycles. The van der Waals surface area contributed by atoms with E-state index < -0.39 is 0 Å². The molecule has 1 aromatic carbocycles. The lowest BCUT2D eigenvalue weighted by molar-refractivity contribution is 0.614. The molecule has 2 aromatic rings. The molecule has 5 heteroatoms. The van der Waals surface area contributed by atoms with Crippen molar-refractivity contribution in [3.05, 3.63) is 29.8 Å². The fourth-order valence-corrected chi connectivity index (χ4v) is 2.85. The molecule has 0 aliphatic heterocycles. The number of thioether (sulfide) groups is 1. The molecule has 2 nitrogen and oxygen atoms in total. The van der Waals surface area contributed by atoms with Crippen LogP contribution in [0.1, 0.15) is 18.7 Å². The number of rotatable bonds is 7. The Hall–Kier alpha value is -0.740. The van der Waals surface area contributed by atoms with E-state index in [0.29, 0.717) is 5.88 Å². The highest BCUT2D eigenvalue weighted by Gasteiger charge is 2.10. The van der Waals surface area contributed by atoms with Gasteiger partial charge in [-0.3, -0.25) is 0 Å².